The highest BCUT2D eigenvalue weighted by molar-refractivity contribution is 7.89. The summed E-state index contributed by atoms with van der Waals surface area (Å²) in [5.74, 6) is 0.365. The number of sulfonamides is 1. The molecule has 3 N–H and O–H groups in total. The quantitative estimate of drug-likeness (QED) is 0.486. The van der Waals surface area contributed by atoms with Gasteiger partial charge in [0, 0.05) is 12.1 Å². The van der Waals surface area contributed by atoms with E-state index in [9.17, 15) is 18.6 Å². The lowest BCUT2D eigenvalue weighted by Gasteiger charge is -2.31. The van der Waals surface area contributed by atoms with Gasteiger partial charge in [-0.1, -0.05) is 11.3 Å². The Hall–Kier alpha value is -2.05. The van der Waals surface area contributed by atoms with E-state index in [1.54, 1.807) is 36.6 Å². The summed E-state index contributed by atoms with van der Waals surface area (Å²) in [6.07, 6.45) is 0.853. The predicted molar refractivity (Wildman–Crippen MR) is 117 cm³/mol. The Morgan fingerprint density at radius 3 is 2.68 bits per heavy atom. The first kappa shape index (κ1) is 22.2. The second kappa shape index (κ2) is 7.82. The predicted octanol–water partition coefficient (Wildman–Crippen LogP) is 2.05. The van der Waals surface area contributed by atoms with Gasteiger partial charge in [-0.25, -0.2) is 22.6 Å². The van der Waals surface area contributed by atoms with Crippen molar-refractivity contribution in [1.82, 2.24) is 19.3 Å². The number of methoxy groups -OCH3 is 1. The number of nitrogens with one attached hydrogen (secondary N) is 1. The summed E-state index contributed by atoms with van der Waals surface area (Å²) in [5, 5.41) is 24.7. The monoisotopic (exact) mass is 466 g/mol. The zero-order chi connectivity index (χ0) is 22.6. The molecule has 0 bridgehead atoms. The summed E-state index contributed by atoms with van der Waals surface area (Å²) in [6.45, 7) is 5.41. The van der Waals surface area contributed by atoms with Crippen LogP contribution in [0.1, 0.15) is 37.4 Å². The van der Waals surface area contributed by atoms with Gasteiger partial charge in [-0.15, -0.1) is 0 Å². The van der Waals surface area contributed by atoms with E-state index in [4.69, 9.17) is 4.74 Å². The van der Waals surface area contributed by atoms with Crippen molar-refractivity contribution in [2.45, 2.75) is 50.2 Å². The Kier molecular flexibility index (Phi) is 5.59. The summed E-state index contributed by atoms with van der Waals surface area (Å²) in [6, 6.07) is 4.93. The van der Waals surface area contributed by atoms with Gasteiger partial charge < -0.3 is 14.9 Å². The fourth-order valence-electron chi connectivity index (χ4n) is 3.63. The molecule has 1 saturated carbocycles. The van der Waals surface area contributed by atoms with Crippen molar-refractivity contribution < 1.29 is 23.4 Å². The zero-order valence-corrected chi connectivity index (χ0v) is 19.4. The van der Waals surface area contributed by atoms with E-state index in [1.807, 2.05) is 6.92 Å². The Labute approximate surface area is 184 Å². The molecule has 31 heavy (non-hydrogen) atoms. The molecule has 3 aromatic rings. The molecule has 1 fully saturated rings. The molecule has 2 heterocycles. The van der Waals surface area contributed by atoms with Gasteiger partial charge in [0.15, 0.2) is 0 Å². The van der Waals surface area contributed by atoms with Gasteiger partial charge in [-0.2, -0.15) is 5.10 Å². The minimum Gasteiger partial charge on any atom is -0.495 e. The number of hydrogen-bond donors (Lipinski definition) is 3. The summed E-state index contributed by atoms with van der Waals surface area (Å²) in [4.78, 5) is 5.18. The average molecular weight is 467 g/mol. The molecular formula is C20H26N4O5S2. The molecule has 1 aliphatic rings. The lowest BCUT2D eigenvalue weighted by Crippen LogP contribution is -2.38. The number of nitrogens with zero attached hydrogens (tertiary/aromatic N) is 3. The maximum absolute atomic E-state index is 13.0. The van der Waals surface area contributed by atoms with Crippen LogP contribution in [0.5, 0.6) is 5.75 Å². The molecule has 0 amide bonds. The summed E-state index contributed by atoms with van der Waals surface area (Å²) >= 11 is 1.29. The van der Waals surface area contributed by atoms with Crippen LogP contribution in [0.4, 0.5) is 0 Å². The Morgan fingerprint density at radius 2 is 2.06 bits per heavy atom. The van der Waals surface area contributed by atoms with Crippen molar-refractivity contribution in [3.8, 4) is 17.0 Å². The number of aromatic nitrogens is 3. The molecule has 1 aliphatic carbocycles. The summed E-state index contributed by atoms with van der Waals surface area (Å²) in [5.41, 5.74) is 0.871. The van der Waals surface area contributed by atoms with Crippen molar-refractivity contribution in [1.29, 1.82) is 0 Å². The van der Waals surface area contributed by atoms with Crippen LogP contribution < -0.4 is 9.46 Å². The van der Waals surface area contributed by atoms with Crippen LogP contribution in [-0.4, -0.2) is 53.0 Å². The second-order valence-corrected chi connectivity index (χ2v) is 11.1. The molecule has 0 unspecified atom stereocenters. The topological polar surface area (TPSA) is 126 Å². The normalized spacial score (nSPS) is 19.5. The molecule has 4 rings (SSSR count). The Bertz CT molecular complexity index is 1220. The van der Waals surface area contributed by atoms with Crippen LogP contribution in [-0.2, 0) is 15.6 Å². The van der Waals surface area contributed by atoms with Gasteiger partial charge in [0.1, 0.15) is 21.3 Å². The molecule has 9 nitrogen and oxygen atoms in total. The van der Waals surface area contributed by atoms with E-state index in [0.29, 0.717) is 39.8 Å². The van der Waals surface area contributed by atoms with Crippen LogP contribution in [0, 0.1) is 12.8 Å². The molecule has 11 heteroatoms. The highest BCUT2D eigenvalue weighted by atomic mass is 32.2. The molecule has 0 radical (unpaired) electrons. The van der Waals surface area contributed by atoms with E-state index in [1.165, 1.54) is 18.4 Å². The number of imidazole rings is 1. The van der Waals surface area contributed by atoms with Crippen LogP contribution >= 0.6 is 11.3 Å². The van der Waals surface area contributed by atoms with Gasteiger partial charge in [-0.3, -0.25) is 0 Å². The van der Waals surface area contributed by atoms with Crippen LogP contribution in [0.3, 0.4) is 0 Å². The number of aliphatic hydroxyl groups is 2. The Balaban J connectivity index is 1.73. The fraction of sp³-hybridized carbons (Fsp3) is 0.500. The SMILES string of the molecule is COc1ccc(-c2c(C)nc3sc(C(C)(C)O)nn23)cc1S(=O)(=O)NCC1CC(O)C1. The third-order valence-corrected chi connectivity index (χ3v) is 8.07. The lowest BCUT2D eigenvalue weighted by atomic mass is 9.83. The second-order valence-electron chi connectivity index (χ2n) is 8.42. The van der Waals surface area contributed by atoms with E-state index in [0.717, 1.165) is 0 Å². The zero-order valence-electron chi connectivity index (χ0n) is 17.8. The first-order chi connectivity index (χ1) is 14.5. The highest BCUT2D eigenvalue weighted by Crippen LogP contribution is 2.35. The molecule has 168 valence electrons. The van der Waals surface area contributed by atoms with E-state index in [2.05, 4.69) is 14.8 Å². The van der Waals surface area contributed by atoms with E-state index in [-0.39, 0.29) is 29.2 Å². The van der Waals surface area contributed by atoms with Crippen LogP contribution in [0.2, 0.25) is 0 Å². The summed E-state index contributed by atoms with van der Waals surface area (Å²) in [7, 11) is -2.41. The first-order valence-electron chi connectivity index (χ1n) is 9.94. The largest absolute Gasteiger partial charge is 0.495 e. The number of aryl methyl sites for hydroxylation is 1. The van der Waals surface area contributed by atoms with Crippen LogP contribution in [0.15, 0.2) is 23.1 Å². The number of benzene rings is 1. The molecule has 0 atom stereocenters. The van der Waals surface area contributed by atoms with Crippen molar-refractivity contribution >= 4 is 26.3 Å². The third kappa shape index (κ3) is 4.20. The minimum absolute atomic E-state index is 0.0275. The van der Waals surface area contributed by atoms with Crippen molar-refractivity contribution in [2.24, 2.45) is 5.92 Å². The third-order valence-electron chi connectivity index (χ3n) is 5.40. The van der Waals surface area contributed by atoms with E-state index < -0.39 is 15.6 Å². The minimum atomic E-state index is -3.83. The van der Waals surface area contributed by atoms with Gasteiger partial charge >= 0.3 is 0 Å². The molecule has 1 aromatic carbocycles. The van der Waals surface area contributed by atoms with E-state index >= 15 is 0 Å². The molecular weight excluding hydrogens is 440 g/mol. The maximum Gasteiger partial charge on any atom is 0.244 e. The van der Waals surface area contributed by atoms with Crippen molar-refractivity contribution in [3.05, 3.63) is 28.9 Å². The fourth-order valence-corrected chi connectivity index (χ4v) is 5.89. The molecule has 0 aliphatic heterocycles. The number of fused-ring (bicyclic) bond motifs is 1. The van der Waals surface area contributed by atoms with Crippen molar-refractivity contribution in [2.75, 3.05) is 13.7 Å². The number of ether oxygens (including phenoxy) is 1. The molecule has 0 saturated heterocycles. The van der Waals surface area contributed by atoms with Gasteiger partial charge in [-0.05, 0) is 57.7 Å². The smallest absolute Gasteiger partial charge is 0.244 e. The van der Waals surface area contributed by atoms with Crippen molar-refractivity contribution in [3.63, 3.8) is 0 Å². The first-order valence-corrected chi connectivity index (χ1v) is 12.2. The molecule has 2 aromatic heterocycles. The lowest BCUT2D eigenvalue weighted by molar-refractivity contribution is 0.0453. The maximum atomic E-state index is 13.0. The van der Waals surface area contributed by atoms with Gasteiger partial charge in [0.25, 0.3) is 0 Å². The molecule has 0 spiro atoms. The standard InChI is InChI=1S/C20H26N4O5S2/c1-11-17(24-19(22-11)30-18(23-24)20(2,3)26)13-5-6-15(29-4)16(9-13)31(27,28)21-10-12-7-14(25)8-12/h5-6,9,12,14,21,25-26H,7-8,10H2,1-4H3. The highest BCUT2D eigenvalue weighted by Gasteiger charge is 2.30. The number of rotatable bonds is 7. The number of aliphatic hydroxyl groups excluding tert-OH is 1. The Morgan fingerprint density at radius 1 is 1.35 bits per heavy atom. The number of hydrogen-bond acceptors (Lipinski definition) is 8. The van der Waals surface area contributed by atoms with Crippen LogP contribution in [0.25, 0.3) is 16.2 Å². The van der Waals surface area contributed by atoms with Gasteiger partial charge in [0.05, 0.1) is 24.6 Å². The van der Waals surface area contributed by atoms with Gasteiger partial charge in [0.2, 0.25) is 15.0 Å². The average Bonchev–Trinajstić information content (AvgIpc) is 3.20. The summed E-state index contributed by atoms with van der Waals surface area (Å²) < 4.78 is 35.6.